The van der Waals surface area contributed by atoms with E-state index >= 15 is 0 Å². The van der Waals surface area contributed by atoms with E-state index in [4.69, 9.17) is 5.73 Å². The highest BCUT2D eigenvalue weighted by molar-refractivity contribution is 7.92. The third kappa shape index (κ3) is 4.82. The molecule has 0 heterocycles. The third-order valence-electron chi connectivity index (χ3n) is 3.83. The van der Waals surface area contributed by atoms with Crippen LogP contribution in [-0.4, -0.2) is 38.0 Å². The molecular formula is C17H18N4O6S. The van der Waals surface area contributed by atoms with Gasteiger partial charge in [-0.1, -0.05) is 18.2 Å². The Hall–Kier alpha value is -3.47. The van der Waals surface area contributed by atoms with Gasteiger partial charge in [0.05, 0.1) is 28.1 Å². The predicted molar refractivity (Wildman–Crippen MR) is 104 cm³/mol. The summed E-state index contributed by atoms with van der Waals surface area (Å²) in [6.45, 7) is 0.922. The van der Waals surface area contributed by atoms with Crippen LogP contribution in [0.1, 0.15) is 15.9 Å². The van der Waals surface area contributed by atoms with Crippen LogP contribution < -0.4 is 15.4 Å². The quantitative estimate of drug-likeness (QED) is 0.523. The van der Waals surface area contributed by atoms with E-state index in [0.29, 0.717) is 5.56 Å². The minimum atomic E-state index is -3.94. The molecule has 0 saturated carbocycles. The van der Waals surface area contributed by atoms with Crippen LogP contribution in [0.15, 0.2) is 42.5 Å². The van der Waals surface area contributed by atoms with E-state index in [9.17, 15) is 28.1 Å². The minimum Gasteiger partial charge on any atom is -0.366 e. The van der Waals surface area contributed by atoms with Crippen LogP contribution in [0.5, 0.6) is 0 Å². The standard InChI is InChI=1S/C17H18N4O6S/c1-11-7-8-12(21(24)25)9-15(11)20(28(2,26)27)10-16(22)19-14-6-4-3-5-13(14)17(18)23/h3-9H,10H2,1-2H3,(H2,18,23)(H,19,22). The molecule has 148 valence electrons. The molecule has 11 heteroatoms. The number of benzene rings is 2. The fraction of sp³-hybridized carbons (Fsp3) is 0.176. The number of aryl methyl sites for hydroxylation is 1. The van der Waals surface area contributed by atoms with Gasteiger partial charge in [-0.25, -0.2) is 8.42 Å². The predicted octanol–water partition coefficient (Wildman–Crippen LogP) is 1.41. The van der Waals surface area contributed by atoms with E-state index in [2.05, 4.69) is 5.32 Å². The minimum absolute atomic E-state index is 0.00929. The number of nitrogens with two attached hydrogens (primary N) is 1. The Balaban J connectivity index is 2.37. The van der Waals surface area contributed by atoms with Crippen molar-refractivity contribution in [3.63, 3.8) is 0 Å². The van der Waals surface area contributed by atoms with Gasteiger partial charge in [0.1, 0.15) is 6.54 Å². The number of carbonyl (C=O) groups excluding carboxylic acids is 2. The number of anilines is 2. The first kappa shape index (κ1) is 20.8. The number of primary amides is 1. The monoisotopic (exact) mass is 406 g/mol. The van der Waals surface area contributed by atoms with Crippen LogP contribution in [0.4, 0.5) is 17.1 Å². The number of hydrogen-bond donors (Lipinski definition) is 2. The lowest BCUT2D eigenvalue weighted by atomic mass is 10.1. The van der Waals surface area contributed by atoms with Gasteiger partial charge in [0, 0.05) is 12.1 Å². The number of non-ortho nitro benzene ring substituents is 1. The first-order chi connectivity index (χ1) is 13.0. The Labute approximate surface area is 161 Å². The average Bonchev–Trinajstić information content (AvgIpc) is 2.59. The van der Waals surface area contributed by atoms with Crippen molar-refractivity contribution in [2.24, 2.45) is 5.73 Å². The molecular weight excluding hydrogens is 388 g/mol. The van der Waals surface area contributed by atoms with Gasteiger partial charge in [-0.05, 0) is 24.6 Å². The molecule has 0 radical (unpaired) electrons. The van der Waals surface area contributed by atoms with Gasteiger partial charge >= 0.3 is 0 Å². The second kappa shape index (κ2) is 8.05. The summed E-state index contributed by atoms with van der Waals surface area (Å²) < 4.78 is 25.2. The van der Waals surface area contributed by atoms with Crippen molar-refractivity contribution in [2.45, 2.75) is 6.92 Å². The molecule has 2 rings (SSSR count). The number of amides is 2. The van der Waals surface area contributed by atoms with E-state index in [1.165, 1.54) is 24.3 Å². The summed E-state index contributed by atoms with van der Waals surface area (Å²) in [7, 11) is -3.94. The van der Waals surface area contributed by atoms with Crippen LogP contribution >= 0.6 is 0 Å². The van der Waals surface area contributed by atoms with E-state index in [1.54, 1.807) is 19.1 Å². The van der Waals surface area contributed by atoms with E-state index in [-0.39, 0.29) is 22.6 Å². The van der Waals surface area contributed by atoms with Gasteiger partial charge in [-0.2, -0.15) is 0 Å². The van der Waals surface area contributed by atoms with E-state index in [0.717, 1.165) is 16.6 Å². The van der Waals surface area contributed by atoms with Crippen LogP contribution in [0.2, 0.25) is 0 Å². The molecule has 0 spiro atoms. The summed E-state index contributed by atoms with van der Waals surface area (Å²) in [5.41, 5.74) is 5.58. The highest BCUT2D eigenvalue weighted by Gasteiger charge is 2.25. The fourth-order valence-electron chi connectivity index (χ4n) is 2.49. The summed E-state index contributed by atoms with van der Waals surface area (Å²) in [6.07, 6.45) is 0.885. The Morgan fingerprint density at radius 2 is 1.86 bits per heavy atom. The molecule has 0 aliphatic carbocycles. The molecule has 0 aromatic heterocycles. The Kier molecular flexibility index (Phi) is 5.99. The van der Waals surface area contributed by atoms with E-state index in [1.807, 2.05) is 0 Å². The molecule has 0 fully saturated rings. The Morgan fingerprint density at radius 1 is 1.21 bits per heavy atom. The van der Waals surface area contributed by atoms with Crippen molar-refractivity contribution in [3.8, 4) is 0 Å². The topological polar surface area (TPSA) is 153 Å². The number of nitrogens with zero attached hydrogens (tertiary/aromatic N) is 2. The van der Waals surface area contributed by atoms with Gasteiger partial charge in [0.2, 0.25) is 15.9 Å². The number of nitro groups is 1. The molecule has 28 heavy (non-hydrogen) atoms. The third-order valence-corrected chi connectivity index (χ3v) is 4.95. The van der Waals surface area contributed by atoms with Crippen molar-refractivity contribution in [1.29, 1.82) is 0 Å². The maximum Gasteiger partial charge on any atom is 0.271 e. The molecule has 0 saturated heterocycles. The second-order valence-electron chi connectivity index (χ2n) is 5.96. The van der Waals surface area contributed by atoms with Gasteiger partial charge in [0.25, 0.3) is 11.6 Å². The molecule has 0 unspecified atom stereocenters. The molecule has 2 aromatic rings. The lowest BCUT2D eigenvalue weighted by Crippen LogP contribution is -2.38. The molecule has 0 aliphatic heterocycles. The smallest absolute Gasteiger partial charge is 0.271 e. The lowest BCUT2D eigenvalue weighted by Gasteiger charge is -2.23. The normalized spacial score (nSPS) is 10.9. The molecule has 0 bridgehead atoms. The maximum atomic E-state index is 12.4. The largest absolute Gasteiger partial charge is 0.366 e. The van der Waals surface area contributed by atoms with Crippen molar-refractivity contribution < 1.29 is 22.9 Å². The van der Waals surface area contributed by atoms with Crippen LogP contribution in [0.25, 0.3) is 0 Å². The summed E-state index contributed by atoms with van der Waals surface area (Å²) in [5.74, 6) is -1.50. The summed E-state index contributed by atoms with van der Waals surface area (Å²) in [6, 6.07) is 9.71. The van der Waals surface area contributed by atoms with Crippen molar-refractivity contribution in [2.75, 3.05) is 22.4 Å². The highest BCUT2D eigenvalue weighted by atomic mass is 32.2. The van der Waals surface area contributed by atoms with Crippen LogP contribution in [0.3, 0.4) is 0 Å². The first-order valence-electron chi connectivity index (χ1n) is 7.92. The van der Waals surface area contributed by atoms with Gasteiger partial charge in [0.15, 0.2) is 0 Å². The number of carbonyl (C=O) groups is 2. The zero-order chi connectivity index (χ0) is 21.1. The zero-order valence-corrected chi connectivity index (χ0v) is 15.9. The number of para-hydroxylation sites is 1. The first-order valence-corrected chi connectivity index (χ1v) is 9.77. The number of nitrogens with one attached hydrogen (secondary N) is 1. The summed E-state index contributed by atoms with van der Waals surface area (Å²) >= 11 is 0. The second-order valence-corrected chi connectivity index (χ2v) is 7.86. The zero-order valence-electron chi connectivity index (χ0n) is 15.1. The Morgan fingerprint density at radius 3 is 2.43 bits per heavy atom. The number of rotatable bonds is 7. The molecule has 2 aromatic carbocycles. The number of nitro benzene ring substituents is 1. The van der Waals surface area contributed by atoms with Crippen LogP contribution in [-0.2, 0) is 14.8 Å². The average molecular weight is 406 g/mol. The van der Waals surface area contributed by atoms with Crippen molar-refractivity contribution in [1.82, 2.24) is 0 Å². The molecule has 3 N–H and O–H groups in total. The molecule has 10 nitrogen and oxygen atoms in total. The number of sulfonamides is 1. The van der Waals surface area contributed by atoms with Gasteiger partial charge in [-0.3, -0.25) is 24.0 Å². The van der Waals surface area contributed by atoms with E-state index < -0.39 is 33.3 Å². The van der Waals surface area contributed by atoms with Crippen molar-refractivity contribution in [3.05, 3.63) is 63.7 Å². The molecule has 0 atom stereocenters. The lowest BCUT2D eigenvalue weighted by molar-refractivity contribution is -0.384. The number of hydrogen-bond acceptors (Lipinski definition) is 6. The Bertz CT molecular complexity index is 1050. The SMILES string of the molecule is Cc1ccc([N+](=O)[O-])cc1N(CC(=O)Nc1ccccc1C(N)=O)S(C)(=O)=O. The fourth-order valence-corrected chi connectivity index (χ4v) is 3.39. The molecule has 0 aliphatic rings. The summed E-state index contributed by atoms with van der Waals surface area (Å²) in [5, 5.41) is 13.5. The molecule has 2 amide bonds. The van der Waals surface area contributed by atoms with Crippen molar-refractivity contribution >= 4 is 38.9 Å². The van der Waals surface area contributed by atoms with Crippen LogP contribution in [0, 0.1) is 17.0 Å². The summed E-state index contributed by atoms with van der Waals surface area (Å²) in [4.78, 5) is 34.3. The highest BCUT2D eigenvalue weighted by Crippen LogP contribution is 2.27. The van der Waals surface area contributed by atoms with Gasteiger partial charge in [-0.15, -0.1) is 0 Å². The maximum absolute atomic E-state index is 12.4. The van der Waals surface area contributed by atoms with Gasteiger partial charge < -0.3 is 11.1 Å².